The molecule has 0 aromatic rings. The van der Waals surface area contributed by atoms with Crippen LogP contribution in [-0.2, 0) is 14.3 Å². The Morgan fingerprint density at radius 1 is 0.426 bits per heavy atom. The number of aliphatic hydroxyl groups is 2. The van der Waals surface area contributed by atoms with Crippen molar-refractivity contribution in [3.8, 4) is 0 Å². The summed E-state index contributed by atoms with van der Waals surface area (Å²) in [4.78, 5) is 26.3. The van der Waals surface area contributed by atoms with Crippen molar-refractivity contribution < 1.29 is 24.5 Å². The molecule has 0 heterocycles. The molecule has 0 bridgehead atoms. The summed E-state index contributed by atoms with van der Waals surface area (Å²) in [6.45, 7) is 6.49. The summed E-state index contributed by atoms with van der Waals surface area (Å²) in [5.74, 6) is -0.495. The van der Waals surface area contributed by atoms with Crippen LogP contribution >= 0.6 is 0 Å². The topological polar surface area (TPSA) is 95.9 Å². The van der Waals surface area contributed by atoms with Crippen LogP contribution in [0.2, 0.25) is 0 Å². The maximum absolute atomic E-state index is 13.3. The van der Waals surface area contributed by atoms with E-state index in [2.05, 4.69) is 74.7 Å². The quantitative estimate of drug-likeness (QED) is 0.0321. The van der Waals surface area contributed by atoms with E-state index in [1.165, 1.54) is 186 Å². The van der Waals surface area contributed by atoms with Gasteiger partial charge in [-0.15, -0.1) is 0 Å². The number of aliphatic hydroxyl groups excluding tert-OH is 2. The third kappa shape index (κ3) is 50.2. The lowest BCUT2D eigenvalue weighted by Gasteiger charge is -2.24. The molecule has 68 heavy (non-hydrogen) atoms. The second kappa shape index (κ2) is 55.7. The first-order valence-corrected chi connectivity index (χ1v) is 29.9. The van der Waals surface area contributed by atoms with Crippen molar-refractivity contribution in [3.63, 3.8) is 0 Å². The number of unbranched alkanes of at least 4 members (excludes halogenated alkanes) is 34. The van der Waals surface area contributed by atoms with Crippen molar-refractivity contribution in [1.82, 2.24) is 5.32 Å². The van der Waals surface area contributed by atoms with Crippen LogP contribution in [-0.4, -0.2) is 46.9 Å². The predicted molar refractivity (Wildman–Crippen MR) is 296 cm³/mol. The van der Waals surface area contributed by atoms with Crippen LogP contribution in [0, 0.1) is 0 Å². The number of rotatable bonds is 54. The van der Waals surface area contributed by atoms with E-state index in [1.54, 1.807) is 0 Å². The number of carbonyl (C=O) groups excluding carboxylic acids is 2. The number of carbonyl (C=O) groups is 2. The first-order chi connectivity index (χ1) is 33.5. The minimum atomic E-state index is -0.793. The zero-order valence-electron chi connectivity index (χ0n) is 45.5. The highest BCUT2D eigenvalue weighted by Gasteiger charge is 2.24. The molecule has 3 unspecified atom stereocenters. The first-order valence-electron chi connectivity index (χ1n) is 29.9. The normalized spacial score (nSPS) is 13.4. The summed E-state index contributed by atoms with van der Waals surface area (Å²) < 4.78 is 5.96. The molecule has 0 aliphatic heterocycles. The van der Waals surface area contributed by atoms with Crippen molar-refractivity contribution in [2.45, 2.75) is 328 Å². The molecule has 0 saturated carbocycles. The van der Waals surface area contributed by atoms with Gasteiger partial charge in [-0.3, -0.25) is 9.59 Å². The van der Waals surface area contributed by atoms with E-state index in [4.69, 9.17) is 4.74 Å². The lowest BCUT2D eigenvalue weighted by molar-refractivity contribution is -0.151. The van der Waals surface area contributed by atoms with E-state index in [0.717, 1.165) is 77.0 Å². The van der Waals surface area contributed by atoms with E-state index < -0.39 is 18.2 Å². The van der Waals surface area contributed by atoms with Crippen molar-refractivity contribution in [2.24, 2.45) is 0 Å². The average molecular weight is 955 g/mol. The standard InChI is InChI=1S/C62H115NO5/c1-4-7-10-13-16-19-22-25-28-30-31-32-34-37-40-43-46-49-52-55-62(67)68-58(53-50-47-44-41-38-35-27-24-21-18-15-12-9-6-3)56-61(66)63-59(57-64)60(65)54-51-48-45-42-39-36-33-29-26-23-20-17-14-11-8-5-2/h16,19,25,28,31-32,37,40,58-60,64-65H,4-15,17-18,20-24,26-27,29-30,33-36,38-39,41-57H2,1-3H3,(H,63,66)/b19-16-,28-25-,32-31-,40-37-. The summed E-state index contributed by atoms with van der Waals surface area (Å²) in [5.41, 5.74) is 0. The highest BCUT2D eigenvalue weighted by Crippen LogP contribution is 2.19. The average Bonchev–Trinajstić information content (AvgIpc) is 3.33. The molecule has 0 aliphatic carbocycles. The highest BCUT2D eigenvalue weighted by molar-refractivity contribution is 5.77. The summed E-state index contributed by atoms with van der Waals surface area (Å²) in [6, 6.07) is -0.708. The van der Waals surface area contributed by atoms with Gasteiger partial charge in [0.25, 0.3) is 0 Å². The van der Waals surface area contributed by atoms with E-state index in [1.807, 2.05) is 0 Å². The van der Waals surface area contributed by atoms with Gasteiger partial charge in [0.05, 0.1) is 25.2 Å². The molecule has 6 heteroatoms. The number of hydrogen-bond acceptors (Lipinski definition) is 5. The number of ether oxygens (including phenoxy) is 1. The molecule has 6 nitrogen and oxygen atoms in total. The molecule has 3 N–H and O–H groups in total. The number of esters is 1. The van der Waals surface area contributed by atoms with Crippen LogP contribution in [0.15, 0.2) is 48.6 Å². The van der Waals surface area contributed by atoms with Crippen molar-refractivity contribution in [2.75, 3.05) is 6.61 Å². The Bertz CT molecular complexity index is 1160. The van der Waals surface area contributed by atoms with Crippen LogP contribution < -0.4 is 5.32 Å². The molecular weight excluding hydrogens is 839 g/mol. The van der Waals surface area contributed by atoms with Gasteiger partial charge in [-0.25, -0.2) is 0 Å². The lowest BCUT2D eigenvalue weighted by atomic mass is 10.0. The molecule has 0 saturated heterocycles. The minimum Gasteiger partial charge on any atom is -0.462 e. The second-order valence-electron chi connectivity index (χ2n) is 20.4. The summed E-state index contributed by atoms with van der Waals surface area (Å²) in [6.07, 6.45) is 68.9. The molecule has 1 amide bonds. The fourth-order valence-corrected chi connectivity index (χ4v) is 9.12. The van der Waals surface area contributed by atoms with E-state index in [-0.39, 0.29) is 24.9 Å². The van der Waals surface area contributed by atoms with Crippen LogP contribution in [0.25, 0.3) is 0 Å². The zero-order chi connectivity index (χ0) is 49.5. The summed E-state index contributed by atoms with van der Waals surface area (Å²) >= 11 is 0. The second-order valence-corrected chi connectivity index (χ2v) is 20.4. The largest absolute Gasteiger partial charge is 0.462 e. The molecular formula is C62H115NO5. The van der Waals surface area contributed by atoms with E-state index in [9.17, 15) is 19.8 Å². The Morgan fingerprint density at radius 3 is 1.15 bits per heavy atom. The number of amides is 1. The molecule has 3 atom stereocenters. The molecule has 398 valence electrons. The maximum atomic E-state index is 13.3. The lowest BCUT2D eigenvalue weighted by Crippen LogP contribution is -2.46. The fourth-order valence-electron chi connectivity index (χ4n) is 9.12. The third-order valence-corrected chi connectivity index (χ3v) is 13.7. The SMILES string of the molecule is CCCCC/C=C\C/C=C\C/C=C\C/C=C\CCCCCC(=O)OC(CCCCCCCCCCCCCCCC)CC(=O)NC(CO)C(O)CCCCCCCCCCCCCCCCCC. The van der Waals surface area contributed by atoms with Gasteiger partial charge in [0.2, 0.25) is 5.91 Å². The smallest absolute Gasteiger partial charge is 0.306 e. The van der Waals surface area contributed by atoms with E-state index >= 15 is 0 Å². The van der Waals surface area contributed by atoms with Crippen molar-refractivity contribution >= 4 is 11.9 Å². The molecule has 0 aliphatic rings. The third-order valence-electron chi connectivity index (χ3n) is 13.7. The van der Waals surface area contributed by atoms with Gasteiger partial charge in [-0.1, -0.05) is 275 Å². The van der Waals surface area contributed by atoms with Gasteiger partial charge < -0.3 is 20.3 Å². The summed E-state index contributed by atoms with van der Waals surface area (Å²) in [5, 5.41) is 23.9. The van der Waals surface area contributed by atoms with Gasteiger partial charge in [-0.05, 0) is 70.6 Å². The predicted octanol–water partition coefficient (Wildman–Crippen LogP) is 18.6. The Labute approximate surface area is 423 Å². The van der Waals surface area contributed by atoms with Gasteiger partial charge in [0.1, 0.15) is 6.10 Å². The number of allylic oxidation sites excluding steroid dienone is 8. The van der Waals surface area contributed by atoms with Crippen molar-refractivity contribution in [1.29, 1.82) is 0 Å². The van der Waals surface area contributed by atoms with Gasteiger partial charge in [0.15, 0.2) is 0 Å². The molecule has 0 aromatic heterocycles. The van der Waals surface area contributed by atoms with Gasteiger partial charge >= 0.3 is 5.97 Å². The highest BCUT2D eigenvalue weighted by atomic mass is 16.5. The van der Waals surface area contributed by atoms with E-state index in [0.29, 0.717) is 19.3 Å². The van der Waals surface area contributed by atoms with Crippen LogP contribution in [0.3, 0.4) is 0 Å². The Hall–Kier alpha value is -2.18. The van der Waals surface area contributed by atoms with Crippen molar-refractivity contribution in [3.05, 3.63) is 48.6 Å². The molecule has 0 spiro atoms. The molecule has 0 aromatic carbocycles. The Kier molecular flexibility index (Phi) is 54.0. The van der Waals surface area contributed by atoms with Crippen LogP contribution in [0.1, 0.15) is 310 Å². The Balaban J connectivity index is 4.56. The Morgan fingerprint density at radius 2 is 0.750 bits per heavy atom. The van der Waals surface area contributed by atoms with Gasteiger partial charge in [-0.2, -0.15) is 0 Å². The van der Waals surface area contributed by atoms with Crippen LogP contribution in [0.4, 0.5) is 0 Å². The number of nitrogens with one attached hydrogen (secondary N) is 1. The monoisotopic (exact) mass is 954 g/mol. The molecule has 0 radical (unpaired) electrons. The molecule has 0 fully saturated rings. The number of hydrogen-bond donors (Lipinski definition) is 3. The van der Waals surface area contributed by atoms with Gasteiger partial charge in [0, 0.05) is 6.42 Å². The summed E-state index contributed by atoms with van der Waals surface area (Å²) in [7, 11) is 0. The fraction of sp³-hybridized carbons (Fsp3) is 0.839. The zero-order valence-corrected chi connectivity index (χ0v) is 45.5. The minimum absolute atomic E-state index is 0.0680. The molecule has 0 rings (SSSR count). The maximum Gasteiger partial charge on any atom is 0.306 e. The first kappa shape index (κ1) is 65.8. The van der Waals surface area contributed by atoms with Crippen LogP contribution in [0.5, 0.6) is 0 Å².